The number of rotatable bonds is 6. The molecule has 1 aromatic carbocycles. The van der Waals surface area contributed by atoms with Gasteiger partial charge < -0.3 is 9.64 Å². The first-order valence-corrected chi connectivity index (χ1v) is 6.73. The molecule has 1 fully saturated rings. The van der Waals surface area contributed by atoms with Crippen molar-refractivity contribution in [2.24, 2.45) is 5.92 Å². The predicted octanol–water partition coefficient (Wildman–Crippen LogP) is 2.46. The topological polar surface area (TPSA) is 29.5 Å². The molecular weight excluding hydrogens is 250 g/mol. The number of carbonyl (C=O) groups is 1. The smallest absolute Gasteiger partial charge is 0.228 e. The van der Waals surface area contributed by atoms with Crippen LogP contribution in [0.4, 0.5) is 0 Å². The summed E-state index contributed by atoms with van der Waals surface area (Å²) in [5.41, 5.74) is 1.18. The third-order valence-corrected chi connectivity index (χ3v) is 3.63. The fourth-order valence-corrected chi connectivity index (χ4v) is 2.76. The Bertz CT molecular complexity index is 396. The van der Waals surface area contributed by atoms with Crippen molar-refractivity contribution in [2.75, 3.05) is 26.1 Å². The molecule has 2 atom stereocenters. The van der Waals surface area contributed by atoms with Crippen LogP contribution in [0.3, 0.4) is 0 Å². The van der Waals surface area contributed by atoms with Crippen molar-refractivity contribution < 1.29 is 9.53 Å². The van der Waals surface area contributed by atoms with E-state index in [9.17, 15) is 4.79 Å². The van der Waals surface area contributed by atoms with E-state index in [2.05, 4.69) is 12.1 Å². The van der Waals surface area contributed by atoms with Crippen molar-refractivity contribution in [3.05, 3.63) is 35.9 Å². The number of β-lactam (4-membered cyclic amide) rings is 1. The zero-order valence-electron chi connectivity index (χ0n) is 10.5. The Kier molecular flexibility index (Phi) is 4.61. The quantitative estimate of drug-likeness (QED) is 0.585. The van der Waals surface area contributed by atoms with Crippen LogP contribution in [0.5, 0.6) is 0 Å². The molecule has 2 rings (SSSR count). The van der Waals surface area contributed by atoms with Gasteiger partial charge in [-0.05, 0) is 12.0 Å². The second-order valence-electron chi connectivity index (χ2n) is 4.46. The van der Waals surface area contributed by atoms with Crippen LogP contribution in [0, 0.1) is 5.92 Å². The number of methoxy groups -OCH3 is 1. The van der Waals surface area contributed by atoms with E-state index >= 15 is 0 Å². The van der Waals surface area contributed by atoms with Crippen molar-refractivity contribution in [1.82, 2.24) is 4.90 Å². The van der Waals surface area contributed by atoms with E-state index < -0.39 is 0 Å². The minimum Gasteiger partial charge on any atom is -0.383 e. The molecule has 4 heteroatoms. The summed E-state index contributed by atoms with van der Waals surface area (Å²) in [4.78, 5) is 13.9. The number of nitrogens with zero attached hydrogens (tertiary/aromatic N) is 1. The van der Waals surface area contributed by atoms with Crippen molar-refractivity contribution in [1.29, 1.82) is 0 Å². The lowest BCUT2D eigenvalue weighted by molar-refractivity contribution is -0.158. The molecule has 0 saturated carbocycles. The standard InChI is InChI=1S/C14H18ClNO2/c1-18-10-9-16-13(11-5-3-2-4-6-11)12(7-8-15)14(16)17/h2-6,12-13H,7-10H2,1H3/t12-,13-/m1/s1. The fourth-order valence-electron chi connectivity index (χ4n) is 2.52. The van der Waals surface area contributed by atoms with Crippen LogP contribution >= 0.6 is 11.6 Å². The molecule has 1 aliphatic heterocycles. The molecule has 0 unspecified atom stereocenters. The highest BCUT2D eigenvalue weighted by molar-refractivity contribution is 6.18. The Morgan fingerprint density at radius 1 is 1.33 bits per heavy atom. The van der Waals surface area contributed by atoms with E-state index in [0.717, 1.165) is 6.42 Å². The monoisotopic (exact) mass is 267 g/mol. The van der Waals surface area contributed by atoms with Crippen LogP contribution in [0.15, 0.2) is 30.3 Å². The second kappa shape index (κ2) is 6.21. The van der Waals surface area contributed by atoms with Gasteiger partial charge in [0.05, 0.1) is 18.6 Å². The molecule has 1 amide bonds. The summed E-state index contributed by atoms with van der Waals surface area (Å²) in [6, 6.07) is 10.3. The maximum absolute atomic E-state index is 12.1. The van der Waals surface area contributed by atoms with Crippen LogP contribution in [-0.2, 0) is 9.53 Å². The van der Waals surface area contributed by atoms with Crippen LogP contribution in [0.1, 0.15) is 18.0 Å². The second-order valence-corrected chi connectivity index (χ2v) is 4.84. The van der Waals surface area contributed by atoms with E-state index in [-0.39, 0.29) is 17.9 Å². The highest BCUT2D eigenvalue weighted by Gasteiger charge is 2.46. The van der Waals surface area contributed by atoms with Gasteiger partial charge in [0.25, 0.3) is 0 Å². The normalized spacial score (nSPS) is 23.0. The van der Waals surface area contributed by atoms with Crippen LogP contribution < -0.4 is 0 Å². The zero-order valence-corrected chi connectivity index (χ0v) is 11.3. The lowest BCUT2D eigenvalue weighted by Crippen LogP contribution is -2.55. The molecule has 0 radical (unpaired) electrons. The molecule has 0 spiro atoms. The first kappa shape index (κ1) is 13.4. The number of ether oxygens (including phenoxy) is 1. The third kappa shape index (κ3) is 2.52. The fraction of sp³-hybridized carbons (Fsp3) is 0.500. The van der Waals surface area contributed by atoms with Crippen molar-refractivity contribution in [3.63, 3.8) is 0 Å². The molecule has 1 aromatic rings. The molecule has 98 valence electrons. The van der Waals surface area contributed by atoms with Crippen molar-refractivity contribution >= 4 is 17.5 Å². The molecule has 0 aliphatic carbocycles. The summed E-state index contributed by atoms with van der Waals surface area (Å²) in [6.07, 6.45) is 0.740. The van der Waals surface area contributed by atoms with Gasteiger partial charge in [-0.3, -0.25) is 4.79 Å². The van der Waals surface area contributed by atoms with Gasteiger partial charge in [0.2, 0.25) is 5.91 Å². The van der Waals surface area contributed by atoms with Crippen molar-refractivity contribution in [2.45, 2.75) is 12.5 Å². The summed E-state index contributed by atoms with van der Waals surface area (Å²) in [6.45, 7) is 1.22. The average molecular weight is 268 g/mol. The number of hydrogen-bond acceptors (Lipinski definition) is 2. The van der Waals surface area contributed by atoms with E-state index in [1.165, 1.54) is 5.56 Å². The third-order valence-electron chi connectivity index (χ3n) is 3.41. The number of likely N-dealkylation sites (tertiary alicyclic amines) is 1. The van der Waals surface area contributed by atoms with Gasteiger partial charge in [0.1, 0.15) is 0 Å². The highest BCUT2D eigenvalue weighted by atomic mass is 35.5. The summed E-state index contributed by atoms with van der Waals surface area (Å²) >= 11 is 5.78. The molecule has 0 aromatic heterocycles. The van der Waals surface area contributed by atoms with Crippen LogP contribution in [-0.4, -0.2) is 36.9 Å². The number of halogens is 1. The highest BCUT2D eigenvalue weighted by Crippen LogP contribution is 2.41. The molecule has 1 saturated heterocycles. The Labute approximate surface area is 113 Å². The Morgan fingerprint density at radius 3 is 2.67 bits per heavy atom. The number of hydrogen-bond donors (Lipinski definition) is 0. The minimum atomic E-state index is 0.0294. The Balaban J connectivity index is 2.13. The van der Waals surface area contributed by atoms with Gasteiger partial charge in [-0.2, -0.15) is 0 Å². The number of amides is 1. The first-order valence-electron chi connectivity index (χ1n) is 6.20. The first-order chi connectivity index (χ1) is 8.79. The number of alkyl halides is 1. The Hall–Kier alpha value is -1.06. The van der Waals surface area contributed by atoms with E-state index in [1.807, 2.05) is 23.1 Å². The maximum atomic E-state index is 12.1. The predicted molar refractivity (Wildman–Crippen MR) is 71.6 cm³/mol. The lowest BCUT2D eigenvalue weighted by Gasteiger charge is -2.47. The molecule has 18 heavy (non-hydrogen) atoms. The molecule has 3 nitrogen and oxygen atoms in total. The SMILES string of the molecule is COCCN1C(=O)[C@H](CCCl)[C@H]1c1ccccc1. The summed E-state index contributed by atoms with van der Waals surface area (Å²) < 4.78 is 5.06. The average Bonchev–Trinajstić information content (AvgIpc) is 2.42. The van der Waals surface area contributed by atoms with Gasteiger partial charge >= 0.3 is 0 Å². The number of benzene rings is 1. The van der Waals surface area contributed by atoms with Gasteiger partial charge in [-0.25, -0.2) is 0 Å². The van der Waals surface area contributed by atoms with Gasteiger partial charge in [-0.1, -0.05) is 30.3 Å². The summed E-state index contributed by atoms with van der Waals surface area (Å²) in [5, 5.41) is 0. The van der Waals surface area contributed by atoms with E-state index in [4.69, 9.17) is 16.3 Å². The maximum Gasteiger partial charge on any atom is 0.228 e. The van der Waals surface area contributed by atoms with Gasteiger partial charge in [-0.15, -0.1) is 11.6 Å². The number of carbonyl (C=O) groups excluding carboxylic acids is 1. The van der Waals surface area contributed by atoms with Crippen LogP contribution in [0.25, 0.3) is 0 Å². The van der Waals surface area contributed by atoms with Gasteiger partial charge in [0.15, 0.2) is 0 Å². The lowest BCUT2D eigenvalue weighted by atomic mass is 9.80. The Morgan fingerprint density at radius 2 is 2.06 bits per heavy atom. The summed E-state index contributed by atoms with van der Waals surface area (Å²) in [7, 11) is 1.65. The summed E-state index contributed by atoms with van der Waals surface area (Å²) in [5.74, 6) is 0.751. The molecule has 1 heterocycles. The zero-order chi connectivity index (χ0) is 13.0. The minimum absolute atomic E-state index is 0.0294. The van der Waals surface area contributed by atoms with E-state index in [0.29, 0.717) is 19.0 Å². The molecule has 0 bridgehead atoms. The van der Waals surface area contributed by atoms with Crippen LogP contribution in [0.2, 0.25) is 0 Å². The van der Waals surface area contributed by atoms with E-state index in [1.54, 1.807) is 7.11 Å². The molecule has 1 aliphatic rings. The largest absolute Gasteiger partial charge is 0.383 e. The molecule has 0 N–H and O–H groups in total. The molecular formula is C14H18ClNO2. The van der Waals surface area contributed by atoms with Crippen molar-refractivity contribution in [3.8, 4) is 0 Å². The van der Waals surface area contributed by atoms with Gasteiger partial charge in [0, 0.05) is 19.5 Å².